The van der Waals surface area contributed by atoms with Gasteiger partial charge in [-0.05, 0) is 25.5 Å². The van der Waals surface area contributed by atoms with E-state index in [1.54, 1.807) is 6.92 Å². The fourth-order valence-electron chi connectivity index (χ4n) is 1.38. The van der Waals surface area contributed by atoms with Crippen LogP contribution in [0.4, 0.5) is 13.2 Å². The molecule has 0 aliphatic heterocycles. The van der Waals surface area contributed by atoms with E-state index in [0.29, 0.717) is 17.4 Å². The number of pyridine rings is 1. The van der Waals surface area contributed by atoms with Gasteiger partial charge >= 0.3 is 12.1 Å². The summed E-state index contributed by atoms with van der Waals surface area (Å²) in [4.78, 5) is 14.5. The number of hydrogen-bond acceptors (Lipinski definition) is 4. The predicted molar refractivity (Wildman–Crippen MR) is 67.6 cm³/mol. The van der Waals surface area contributed by atoms with E-state index in [-0.39, 0.29) is 6.42 Å². The molecule has 4 nitrogen and oxygen atoms in total. The highest BCUT2D eigenvalue weighted by atomic mass is 32.2. The standard InChI is InChI=1S/C12H14F3NO3S/c1-2-19-9(11(17)18)5-6-20-10-4-3-8(7-16-10)12(13,14)15/h3-4,7,9H,2,5-6H2,1H3,(H,17,18). The lowest BCUT2D eigenvalue weighted by molar-refractivity contribution is -0.150. The van der Waals surface area contributed by atoms with Crippen molar-refractivity contribution in [2.24, 2.45) is 0 Å². The van der Waals surface area contributed by atoms with Crippen LogP contribution in [0.1, 0.15) is 18.9 Å². The van der Waals surface area contributed by atoms with Crippen LogP contribution in [0.5, 0.6) is 0 Å². The molecule has 1 atom stereocenters. The molecule has 0 aromatic carbocycles. The number of alkyl halides is 3. The molecule has 112 valence electrons. The van der Waals surface area contributed by atoms with E-state index < -0.39 is 23.8 Å². The summed E-state index contributed by atoms with van der Waals surface area (Å²) in [7, 11) is 0. The Balaban J connectivity index is 2.48. The second kappa shape index (κ2) is 7.49. The summed E-state index contributed by atoms with van der Waals surface area (Å²) in [5.74, 6) is -0.650. The number of thioether (sulfide) groups is 1. The van der Waals surface area contributed by atoms with Crippen LogP contribution in [0.2, 0.25) is 0 Å². The highest BCUT2D eigenvalue weighted by molar-refractivity contribution is 7.99. The van der Waals surface area contributed by atoms with E-state index in [1.165, 1.54) is 17.8 Å². The van der Waals surface area contributed by atoms with Gasteiger partial charge in [-0.25, -0.2) is 9.78 Å². The lowest BCUT2D eigenvalue weighted by Crippen LogP contribution is -2.24. The van der Waals surface area contributed by atoms with Crippen molar-refractivity contribution in [2.45, 2.75) is 30.7 Å². The number of hydrogen-bond donors (Lipinski definition) is 1. The molecular weight excluding hydrogens is 295 g/mol. The summed E-state index contributed by atoms with van der Waals surface area (Å²) in [6.07, 6.45) is -4.28. The van der Waals surface area contributed by atoms with Gasteiger partial charge in [-0.15, -0.1) is 11.8 Å². The Labute approximate surface area is 118 Å². The average molecular weight is 309 g/mol. The molecule has 0 saturated carbocycles. The Morgan fingerprint density at radius 3 is 2.65 bits per heavy atom. The third kappa shape index (κ3) is 5.38. The molecule has 1 heterocycles. The van der Waals surface area contributed by atoms with E-state index in [1.807, 2.05) is 0 Å². The smallest absolute Gasteiger partial charge is 0.417 e. The van der Waals surface area contributed by atoms with Crippen LogP contribution in [-0.4, -0.2) is 34.5 Å². The van der Waals surface area contributed by atoms with Crippen LogP contribution < -0.4 is 0 Å². The minimum absolute atomic E-state index is 0.260. The molecule has 1 unspecified atom stereocenters. The number of carboxylic acid groups (broad SMARTS) is 1. The van der Waals surface area contributed by atoms with Crippen LogP contribution in [0.25, 0.3) is 0 Å². The maximum Gasteiger partial charge on any atom is 0.417 e. The first-order valence-electron chi connectivity index (χ1n) is 5.85. The summed E-state index contributed by atoms with van der Waals surface area (Å²) < 4.78 is 42.0. The van der Waals surface area contributed by atoms with Gasteiger partial charge in [0, 0.05) is 18.6 Å². The van der Waals surface area contributed by atoms with Gasteiger partial charge in [0.15, 0.2) is 6.10 Å². The first-order valence-corrected chi connectivity index (χ1v) is 6.83. The fraction of sp³-hybridized carbons (Fsp3) is 0.500. The van der Waals surface area contributed by atoms with Gasteiger partial charge in [0.1, 0.15) is 0 Å². The minimum Gasteiger partial charge on any atom is -0.479 e. The number of aliphatic carboxylic acids is 1. The van der Waals surface area contributed by atoms with Crippen LogP contribution >= 0.6 is 11.8 Å². The van der Waals surface area contributed by atoms with Crippen LogP contribution in [0.3, 0.4) is 0 Å². The molecule has 20 heavy (non-hydrogen) atoms. The number of aromatic nitrogens is 1. The molecule has 0 aliphatic rings. The van der Waals surface area contributed by atoms with Crippen molar-refractivity contribution >= 4 is 17.7 Å². The Morgan fingerprint density at radius 2 is 2.20 bits per heavy atom. The molecule has 1 N–H and O–H groups in total. The highest BCUT2D eigenvalue weighted by Crippen LogP contribution is 2.29. The Kier molecular flexibility index (Phi) is 6.28. The van der Waals surface area contributed by atoms with E-state index in [9.17, 15) is 18.0 Å². The Hall–Kier alpha value is -1.28. The van der Waals surface area contributed by atoms with E-state index in [0.717, 1.165) is 12.3 Å². The second-order valence-corrected chi connectivity index (χ2v) is 4.92. The summed E-state index contributed by atoms with van der Waals surface area (Å²) in [5.41, 5.74) is -0.806. The molecule has 0 bridgehead atoms. The summed E-state index contributed by atoms with van der Waals surface area (Å²) in [6.45, 7) is 1.99. The maximum atomic E-state index is 12.3. The van der Waals surface area contributed by atoms with Crippen LogP contribution in [-0.2, 0) is 15.7 Å². The third-order valence-corrected chi connectivity index (χ3v) is 3.31. The minimum atomic E-state index is -4.40. The van der Waals surface area contributed by atoms with Gasteiger partial charge in [0.2, 0.25) is 0 Å². The zero-order valence-electron chi connectivity index (χ0n) is 10.7. The molecule has 0 aliphatic carbocycles. The largest absolute Gasteiger partial charge is 0.479 e. The highest BCUT2D eigenvalue weighted by Gasteiger charge is 2.30. The van der Waals surface area contributed by atoms with E-state index in [2.05, 4.69) is 4.98 Å². The van der Waals surface area contributed by atoms with Gasteiger partial charge in [-0.2, -0.15) is 13.2 Å². The van der Waals surface area contributed by atoms with Crippen molar-refractivity contribution in [3.8, 4) is 0 Å². The van der Waals surface area contributed by atoms with Crippen molar-refractivity contribution in [2.75, 3.05) is 12.4 Å². The molecule has 8 heteroatoms. The number of ether oxygens (including phenoxy) is 1. The van der Waals surface area contributed by atoms with Gasteiger partial charge in [-0.3, -0.25) is 0 Å². The van der Waals surface area contributed by atoms with Gasteiger partial charge in [-0.1, -0.05) is 0 Å². The normalized spacial score (nSPS) is 13.2. The van der Waals surface area contributed by atoms with E-state index >= 15 is 0 Å². The third-order valence-electron chi connectivity index (χ3n) is 2.34. The lowest BCUT2D eigenvalue weighted by Gasteiger charge is -2.11. The SMILES string of the molecule is CCOC(CCSc1ccc(C(F)(F)F)cn1)C(=O)O. The molecule has 1 aromatic rings. The molecule has 0 amide bonds. The first-order chi connectivity index (χ1) is 9.34. The van der Waals surface area contributed by atoms with Crippen molar-refractivity contribution in [1.29, 1.82) is 0 Å². The quantitative estimate of drug-likeness (QED) is 0.784. The second-order valence-electron chi connectivity index (χ2n) is 3.80. The fourth-order valence-corrected chi connectivity index (χ4v) is 2.22. The summed E-state index contributed by atoms with van der Waals surface area (Å²) >= 11 is 1.19. The number of carboxylic acids is 1. The molecule has 0 saturated heterocycles. The molecule has 1 aromatic heterocycles. The lowest BCUT2D eigenvalue weighted by atomic mass is 10.3. The topological polar surface area (TPSA) is 59.4 Å². The van der Waals surface area contributed by atoms with Crippen LogP contribution in [0.15, 0.2) is 23.4 Å². The van der Waals surface area contributed by atoms with Gasteiger partial charge < -0.3 is 9.84 Å². The van der Waals surface area contributed by atoms with Gasteiger partial charge in [0.05, 0.1) is 10.6 Å². The van der Waals surface area contributed by atoms with Crippen LogP contribution in [0, 0.1) is 0 Å². The molecule has 0 radical (unpaired) electrons. The maximum absolute atomic E-state index is 12.3. The van der Waals surface area contributed by atoms with Crippen molar-refractivity contribution in [3.05, 3.63) is 23.9 Å². The van der Waals surface area contributed by atoms with E-state index in [4.69, 9.17) is 9.84 Å². The number of rotatable bonds is 7. The summed E-state index contributed by atoms with van der Waals surface area (Å²) in [6, 6.07) is 2.22. The molecule has 1 rings (SSSR count). The summed E-state index contributed by atoms with van der Waals surface area (Å²) in [5, 5.41) is 9.27. The number of carbonyl (C=O) groups is 1. The first kappa shape index (κ1) is 16.8. The van der Waals surface area contributed by atoms with Gasteiger partial charge in [0.25, 0.3) is 0 Å². The molecule has 0 fully saturated rings. The monoisotopic (exact) mass is 309 g/mol. The van der Waals surface area contributed by atoms with Crippen molar-refractivity contribution in [3.63, 3.8) is 0 Å². The zero-order chi connectivity index (χ0) is 15.2. The van der Waals surface area contributed by atoms with Crippen molar-refractivity contribution < 1.29 is 27.8 Å². The van der Waals surface area contributed by atoms with Crippen molar-refractivity contribution in [1.82, 2.24) is 4.98 Å². The number of halogens is 3. The Morgan fingerprint density at radius 1 is 1.50 bits per heavy atom. The zero-order valence-corrected chi connectivity index (χ0v) is 11.5. The Bertz CT molecular complexity index is 437. The molecular formula is C12H14F3NO3S. The number of nitrogens with zero attached hydrogens (tertiary/aromatic N) is 1. The predicted octanol–water partition coefficient (Wildman–Crippen LogP) is 3.07. The average Bonchev–Trinajstić information content (AvgIpc) is 2.37. The molecule has 0 spiro atoms.